The number of aromatic nitrogens is 1. The molecule has 130 valence electrons. The standard InChI is InChI=1S/C13H13N3OS.C5H8N2/c17-18-15-7-8-16(18)13-5-1-3-11(9-13)12-4-2-6-14-10-12;6-5-7-3-1-2-4-7/h1-6,9-10,15H,7-8H2;1-4H2. The van der Waals surface area contributed by atoms with Crippen LogP contribution in [0, 0.1) is 11.5 Å². The summed E-state index contributed by atoms with van der Waals surface area (Å²) in [5.74, 6) is 0. The third-order valence-electron chi connectivity index (χ3n) is 4.12. The molecule has 1 atom stereocenters. The minimum absolute atomic E-state index is 0.754. The topological polar surface area (TPSA) is 72.3 Å². The zero-order valence-corrected chi connectivity index (χ0v) is 14.8. The van der Waals surface area contributed by atoms with Crippen molar-refractivity contribution in [1.82, 2.24) is 14.6 Å². The van der Waals surface area contributed by atoms with Gasteiger partial charge < -0.3 is 4.90 Å². The van der Waals surface area contributed by atoms with Crippen molar-refractivity contribution in [2.75, 3.05) is 30.5 Å². The molecule has 7 heteroatoms. The normalized spacial score (nSPS) is 19.2. The van der Waals surface area contributed by atoms with Gasteiger partial charge in [-0.1, -0.05) is 18.2 Å². The first-order chi connectivity index (χ1) is 12.3. The van der Waals surface area contributed by atoms with E-state index < -0.39 is 11.2 Å². The molecule has 0 spiro atoms. The van der Waals surface area contributed by atoms with Crippen LogP contribution in [0.4, 0.5) is 5.69 Å². The lowest BCUT2D eigenvalue weighted by molar-refractivity contribution is 0.487. The van der Waals surface area contributed by atoms with Crippen LogP contribution in [0.2, 0.25) is 0 Å². The first-order valence-corrected chi connectivity index (χ1v) is 9.46. The fourth-order valence-electron chi connectivity index (χ4n) is 2.81. The van der Waals surface area contributed by atoms with Crippen molar-refractivity contribution in [1.29, 1.82) is 5.26 Å². The molecule has 0 aliphatic carbocycles. The summed E-state index contributed by atoms with van der Waals surface area (Å²) in [6.45, 7) is 3.49. The van der Waals surface area contributed by atoms with E-state index in [-0.39, 0.29) is 0 Å². The van der Waals surface area contributed by atoms with E-state index >= 15 is 0 Å². The number of likely N-dealkylation sites (tertiary alicyclic amines) is 1. The number of rotatable bonds is 2. The van der Waals surface area contributed by atoms with Crippen LogP contribution in [0.5, 0.6) is 0 Å². The highest BCUT2D eigenvalue weighted by Crippen LogP contribution is 2.25. The number of benzene rings is 1. The van der Waals surface area contributed by atoms with Gasteiger partial charge in [-0.15, -0.1) is 0 Å². The monoisotopic (exact) mass is 355 g/mol. The third kappa shape index (κ3) is 4.56. The van der Waals surface area contributed by atoms with E-state index in [1.165, 1.54) is 12.8 Å². The predicted molar refractivity (Wildman–Crippen MR) is 99.6 cm³/mol. The van der Waals surface area contributed by atoms with Crippen molar-refractivity contribution in [2.45, 2.75) is 12.8 Å². The van der Waals surface area contributed by atoms with Crippen LogP contribution in [0.1, 0.15) is 12.8 Å². The van der Waals surface area contributed by atoms with E-state index in [0.29, 0.717) is 0 Å². The van der Waals surface area contributed by atoms with Crippen LogP contribution < -0.4 is 9.03 Å². The number of hydrogen-bond donors (Lipinski definition) is 1. The quantitative estimate of drug-likeness (QED) is 0.839. The molecular formula is C18H21N5OS. The minimum Gasteiger partial charge on any atom is -0.311 e. The van der Waals surface area contributed by atoms with Crippen LogP contribution in [0.15, 0.2) is 48.8 Å². The van der Waals surface area contributed by atoms with Crippen molar-refractivity contribution in [2.24, 2.45) is 0 Å². The van der Waals surface area contributed by atoms with Crippen molar-refractivity contribution in [3.05, 3.63) is 48.8 Å². The summed E-state index contributed by atoms with van der Waals surface area (Å²) >= 11 is -1.11. The Hall–Kier alpha value is -2.43. The molecule has 3 heterocycles. The van der Waals surface area contributed by atoms with Gasteiger partial charge in [0, 0.05) is 44.1 Å². The molecule has 25 heavy (non-hydrogen) atoms. The van der Waals surface area contributed by atoms with E-state index in [9.17, 15) is 4.21 Å². The molecule has 0 amide bonds. The van der Waals surface area contributed by atoms with Gasteiger partial charge in [0.1, 0.15) is 0 Å². The Kier molecular flexibility index (Phi) is 5.99. The smallest absolute Gasteiger partial charge is 0.196 e. The Morgan fingerprint density at radius 3 is 2.52 bits per heavy atom. The van der Waals surface area contributed by atoms with Crippen molar-refractivity contribution >= 4 is 16.9 Å². The third-order valence-corrected chi connectivity index (χ3v) is 5.36. The Morgan fingerprint density at radius 1 is 1.12 bits per heavy atom. The lowest BCUT2D eigenvalue weighted by Gasteiger charge is -2.15. The summed E-state index contributed by atoms with van der Waals surface area (Å²) < 4.78 is 16.5. The predicted octanol–water partition coefficient (Wildman–Crippen LogP) is 2.30. The molecule has 2 fully saturated rings. The van der Waals surface area contributed by atoms with E-state index in [0.717, 1.165) is 43.0 Å². The number of anilines is 1. The van der Waals surface area contributed by atoms with Crippen LogP contribution in [0.3, 0.4) is 0 Å². The molecule has 2 saturated heterocycles. The van der Waals surface area contributed by atoms with Crippen LogP contribution in [-0.4, -0.2) is 40.3 Å². The Morgan fingerprint density at radius 2 is 1.92 bits per heavy atom. The SMILES string of the molecule is N#CN1CCCC1.O=S1NCCN1c1cccc(-c2cccnc2)c1. The molecule has 0 bridgehead atoms. The first-order valence-electron chi connectivity index (χ1n) is 8.36. The van der Waals surface area contributed by atoms with E-state index in [1.807, 2.05) is 46.9 Å². The fraction of sp³-hybridized carbons (Fsp3) is 0.333. The summed E-state index contributed by atoms with van der Waals surface area (Å²) in [6, 6.07) is 12.0. The van der Waals surface area contributed by atoms with E-state index in [2.05, 4.69) is 15.9 Å². The minimum atomic E-state index is -1.11. The number of nitrogens with one attached hydrogen (secondary N) is 1. The van der Waals surface area contributed by atoms with Gasteiger partial charge in [0.05, 0.1) is 5.69 Å². The highest BCUT2D eigenvalue weighted by atomic mass is 32.2. The van der Waals surface area contributed by atoms with Gasteiger partial charge in [0.15, 0.2) is 17.4 Å². The van der Waals surface area contributed by atoms with Gasteiger partial charge in [-0.05, 0) is 36.6 Å². The molecule has 0 radical (unpaired) electrons. The number of hydrogen-bond acceptors (Lipinski definition) is 4. The maximum absolute atomic E-state index is 11.7. The van der Waals surface area contributed by atoms with Gasteiger partial charge in [-0.25, -0.2) is 8.93 Å². The molecule has 2 aliphatic heterocycles. The number of nitriles is 1. The molecule has 1 unspecified atom stereocenters. The van der Waals surface area contributed by atoms with Gasteiger partial charge >= 0.3 is 0 Å². The molecule has 1 aromatic heterocycles. The van der Waals surface area contributed by atoms with Gasteiger partial charge in [-0.3, -0.25) is 9.29 Å². The Balaban J connectivity index is 0.000000219. The highest BCUT2D eigenvalue weighted by molar-refractivity contribution is 7.84. The molecule has 2 aromatic rings. The summed E-state index contributed by atoms with van der Waals surface area (Å²) in [7, 11) is 0. The zero-order chi connectivity index (χ0) is 17.5. The molecule has 4 rings (SSSR count). The largest absolute Gasteiger partial charge is 0.311 e. The van der Waals surface area contributed by atoms with Crippen molar-refractivity contribution in [3.8, 4) is 17.3 Å². The number of nitrogens with zero attached hydrogens (tertiary/aromatic N) is 4. The van der Waals surface area contributed by atoms with Gasteiger partial charge in [0.25, 0.3) is 0 Å². The maximum atomic E-state index is 11.7. The van der Waals surface area contributed by atoms with Gasteiger partial charge in [-0.2, -0.15) is 5.26 Å². The average Bonchev–Trinajstić information content (AvgIpc) is 3.34. The Bertz CT molecular complexity index is 756. The summed E-state index contributed by atoms with van der Waals surface area (Å²) in [5, 5.41) is 8.24. The molecule has 6 nitrogen and oxygen atoms in total. The second kappa shape index (κ2) is 8.60. The van der Waals surface area contributed by atoms with Crippen LogP contribution in [0.25, 0.3) is 11.1 Å². The zero-order valence-electron chi connectivity index (χ0n) is 14.0. The Labute approximate surface area is 150 Å². The van der Waals surface area contributed by atoms with E-state index in [1.54, 1.807) is 11.1 Å². The molecule has 0 saturated carbocycles. The molecule has 2 aliphatic rings. The highest BCUT2D eigenvalue weighted by Gasteiger charge is 2.20. The first kappa shape index (κ1) is 17.4. The summed E-state index contributed by atoms with van der Waals surface area (Å²) in [6.07, 6.45) is 8.09. The molecule has 1 N–H and O–H groups in total. The fourth-order valence-corrected chi connectivity index (χ4v) is 3.80. The van der Waals surface area contributed by atoms with E-state index in [4.69, 9.17) is 5.26 Å². The number of pyridine rings is 1. The second-order valence-corrected chi connectivity index (χ2v) is 7.06. The lowest BCUT2D eigenvalue weighted by atomic mass is 10.1. The van der Waals surface area contributed by atoms with Gasteiger partial charge in [0.2, 0.25) is 0 Å². The summed E-state index contributed by atoms with van der Waals surface area (Å²) in [4.78, 5) is 5.91. The summed E-state index contributed by atoms with van der Waals surface area (Å²) in [5.41, 5.74) is 3.13. The molecule has 1 aromatic carbocycles. The van der Waals surface area contributed by atoms with Crippen molar-refractivity contribution in [3.63, 3.8) is 0 Å². The van der Waals surface area contributed by atoms with Crippen LogP contribution in [-0.2, 0) is 11.2 Å². The lowest BCUT2D eigenvalue weighted by Crippen LogP contribution is -2.22. The van der Waals surface area contributed by atoms with Crippen molar-refractivity contribution < 1.29 is 4.21 Å². The second-order valence-electron chi connectivity index (χ2n) is 5.83. The van der Waals surface area contributed by atoms with Crippen LogP contribution >= 0.6 is 0 Å². The maximum Gasteiger partial charge on any atom is 0.196 e. The molecular weight excluding hydrogens is 334 g/mol. The average molecular weight is 355 g/mol.